The topological polar surface area (TPSA) is 71.7 Å². The molecule has 0 aliphatic carbocycles. The first kappa shape index (κ1) is 18.3. The van der Waals surface area contributed by atoms with E-state index in [1.54, 1.807) is 18.1 Å². The molecule has 144 valence electrons. The predicted octanol–water partition coefficient (Wildman–Crippen LogP) is 3.36. The van der Waals surface area contributed by atoms with E-state index in [1.807, 2.05) is 42.5 Å². The molecule has 1 fully saturated rings. The Morgan fingerprint density at radius 2 is 1.86 bits per heavy atom. The van der Waals surface area contributed by atoms with Gasteiger partial charge in [-0.15, -0.1) is 10.2 Å². The van der Waals surface area contributed by atoms with Gasteiger partial charge >= 0.3 is 11.8 Å². The highest BCUT2D eigenvalue weighted by atomic mass is 35.5. The van der Waals surface area contributed by atoms with Crippen LogP contribution in [0.15, 0.2) is 52.9 Å². The van der Waals surface area contributed by atoms with Gasteiger partial charge in [-0.25, -0.2) is 0 Å². The number of nitrogens with zero attached hydrogens (tertiary/aromatic N) is 4. The Hall–Kier alpha value is -3.06. The van der Waals surface area contributed by atoms with Crippen molar-refractivity contribution in [3.63, 3.8) is 0 Å². The zero-order valence-corrected chi connectivity index (χ0v) is 16.1. The fraction of sp³-hybridized carbons (Fsp3) is 0.250. The van der Waals surface area contributed by atoms with E-state index >= 15 is 0 Å². The van der Waals surface area contributed by atoms with Crippen LogP contribution in [0.1, 0.15) is 10.7 Å². The molecule has 0 bridgehead atoms. The van der Waals surface area contributed by atoms with Crippen LogP contribution < -0.4 is 9.64 Å². The number of rotatable bonds is 4. The number of halogens is 1. The first-order chi connectivity index (χ1) is 13.7. The SMILES string of the molecule is COc1ccccc1-c1nnc(C(=O)N2CCN(c3cccc(Cl)c3)CC2)o1. The number of carbonyl (C=O) groups is 1. The third-order valence-electron chi connectivity index (χ3n) is 4.69. The number of benzene rings is 2. The van der Waals surface area contributed by atoms with Gasteiger partial charge in [0, 0.05) is 36.9 Å². The summed E-state index contributed by atoms with van der Waals surface area (Å²) in [4.78, 5) is 16.7. The Kier molecular flexibility index (Phi) is 5.16. The number of para-hydroxylation sites is 1. The van der Waals surface area contributed by atoms with Crippen molar-refractivity contribution in [2.75, 3.05) is 38.2 Å². The Morgan fingerprint density at radius 3 is 2.61 bits per heavy atom. The Morgan fingerprint density at radius 1 is 1.07 bits per heavy atom. The molecule has 28 heavy (non-hydrogen) atoms. The smallest absolute Gasteiger partial charge is 0.311 e. The zero-order chi connectivity index (χ0) is 19.5. The lowest BCUT2D eigenvalue weighted by Crippen LogP contribution is -2.48. The van der Waals surface area contributed by atoms with E-state index in [2.05, 4.69) is 15.1 Å². The average molecular weight is 399 g/mol. The molecule has 2 aromatic carbocycles. The van der Waals surface area contributed by atoms with Crippen LogP contribution >= 0.6 is 11.6 Å². The molecule has 7 nitrogen and oxygen atoms in total. The van der Waals surface area contributed by atoms with Crippen molar-refractivity contribution < 1.29 is 13.9 Å². The van der Waals surface area contributed by atoms with Crippen LogP contribution in [-0.2, 0) is 0 Å². The van der Waals surface area contributed by atoms with Gasteiger partial charge in [-0.2, -0.15) is 0 Å². The van der Waals surface area contributed by atoms with Crippen LogP contribution in [0.25, 0.3) is 11.5 Å². The van der Waals surface area contributed by atoms with Crippen molar-refractivity contribution in [3.8, 4) is 17.2 Å². The molecule has 0 saturated carbocycles. The Labute approximate surface area is 167 Å². The molecule has 1 aromatic heterocycles. The average Bonchev–Trinajstić information content (AvgIpc) is 3.23. The highest BCUT2D eigenvalue weighted by molar-refractivity contribution is 6.30. The summed E-state index contributed by atoms with van der Waals surface area (Å²) in [7, 11) is 1.57. The van der Waals surface area contributed by atoms with Gasteiger partial charge in [-0.05, 0) is 30.3 Å². The summed E-state index contributed by atoms with van der Waals surface area (Å²) in [6, 6.07) is 15.0. The highest BCUT2D eigenvalue weighted by Gasteiger charge is 2.27. The van der Waals surface area contributed by atoms with Crippen LogP contribution in [0, 0.1) is 0 Å². The molecule has 1 amide bonds. The fourth-order valence-corrected chi connectivity index (χ4v) is 3.40. The number of amides is 1. The van der Waals surface area contributed by atoms with E-state index < -0.39 is 0 Å². The van der Waals surface area contributed by atoms with Crippen molar-refractivity contribution in [1.82, 2.24) is 15.1 Å². The first-order valence-corrected chi connectivity index (χ1v) is 9.30. The van der Waals surface area contributed by atoms with Crippen LogP contribution in [0.5, 0.6) is 5.75 Å². The van der Waals surface area contributed by atoms with Crippen molar-refractivity contribution in [3.05, 3.63) is 59.4 Å². The maximum absolute atomic E-state index is 12.8. The van der Waals surface area contributed by atoms with Crippen LogP contribution in [-0.4, -0.2) is 54.3 Å². The summed E-state index contributed by atoms with van der Waals surface area (Å²) in [6.07, 6.45) is 0. The van der Waals surface area contributed by atoms with Gasteiger partial charge < -0.3 is 19.0 Å². The summed E-state index contributed by atoms with van der Waals surface area (Å²) in [6.45, 7) is 2.55. The molecule has 0 radical (unpaired) electrons. The number of methoxy groups -OCH3 is 1. The molecule has 0 spiro atoms. The first-order valence-electron chi connectivity index (χ1n) is 8.92. The van der Waals surface area contributed by atoms with E-state index in [9.17, 15) is 4.79 Å². The number of ether oxygens (including phenoxy) is 1. The third-order valence-corrected chi connectivity index (χ3v) is 4.92. The number of hydrogen-bond acceptors (Lipinski definition) is 6. The summed E-state index contributed by atoms with van der Waals surface area (Å²) < 4.78 is 10.9. The van der Waals surface area contributed by atoms with Gasteiger partial charge in [0.05, 0.1) is 12.7 Å². The minimum absolute atomic E-state index is 0.0166. The van der Waals surface area contributed by atoms with E-state index in [-0.39, 0.29) is 17.7 Å². The second-order valence-corrected chi connectivity index (χ2v) is 6.81. The number of carbonyl (C=O) groups excluding carboxylic acids is 1. The lowest BCUT2D eigenvalue weighted by Gasteiger charge is -2.35. The van der Waals surface area contributed by atoms with E-state index in [1.165, 1.54) is 0 Å². The fourth-order valence-electron chi connectivity index (χ4n) is 3.22. The van der Waals surface area contributed by atoms with Crippen molar-refractivity contribution >= 4 is 23.2 Å². The van der Waals surface area contributed by atoms with Gasteiger partial charge in [0.1, 0.15) is 5.75 Å². The van der Waals surface area contributed by atoms with E-state index in [0.717, 1.165) is 5.69 Å². The second-order valence-electron chi connectivity index (χ2n) is 6.37. The van der Waals surface area contributed by atoms with Gasteiger partial charge in [0.15, 0.2) is 0 Å². The van der Waals surface area contributed by atoms with Crippen LogP contribution in [0.3, 0.4) is 0 Å². The minimum Gasteiger partial charge on any atom is -0.496 e. The van der Waals surface area contributed by atoms with Crippen molar-refractivity contribution in [2.24, 2.45) is 0 Å². The molecule has 0 N–H and O–H groups in total. The summed E-state index contributed by atoms with van der Waals surface area (Å²) >= 11 is 6.07. The molecule has 1 aliphatic heterocycles. The monoisotopic (exact) mass is 398 g/mol. The van der Waals surface area contributed by atoms with Crippen molar-refractivity contribution in [1.29, 1.82) is 0 Å². The summed E-state index contributed by atoms with van der Waals surface area (Å²) in [5.74, 6) is 0.593. The molecule has 2 heterocycles. The Balaban J connectivity index is 1.44. The molecule has 0 atom stereocenters. The van der Waals surface area contributed by atoms with Crippen molar-refractivity contribution in [2.45, 2.75) is 0 Å². The van der Waals surface area contributed by atoms with Crippen LogP contribution in [0.2, 0.25) is 5.02 Å². The molecule has 3 aromatic rings. The maximum atomic E-state index is 12.8. The van der Waals surface area contributed by atoms with E-state index in [4.69, 9.17) is 20.8 Å². The largest absolute Gasteiger partial charge is 0.496 e. The van der Waals surface area contributed by atoms with Gasteiger partial charge in [0.2, 0.25) is 0 Å². The quantitative estimate of drug-likeness (QED) is 0.671. The van der Waals surface area contributed by atoms with E-state index in [0.29, 0.717) is 42.5 Å². The normalized spacial score (nSPS) is 14.2. The lowest BCUT2D eigenvalue weighted by molar-refractivity contribution is 0.0707. The molecule has 0 unspecified atom stereocenters. The summed E-state index contributed by atoms with van der Waals surface area (Å²) in [5, 5.41) is 8.65. The molecule has 4 rings (SSSR count). The molecular formula is C20H19ClN4O3. The molecule has 1 aliphatic rings. The molecular weight excluding hydrogens is 380 g/mol. The summed E-state index contributed by atoms with van der Waals surface area (Å²) in [5.41, 5.74) is 1.71. The third kappa shape index (κ3) is 3.66. The highest BCUT2D eigenvalue weighted by Crippen LogP contribution is 2.28. The van der Waals surface area contributed by atoms with Gasteiger partial charge in [-0.1, -0.05) is 29.8 Å². The minimum atomic E-state index is -0.264. The maximum Gasteiger partial charge on any atom is 0.311 e. The number of aromatic nitrogens is 2. The second kappa shape index (κ2) is 7.90. The van der Waals surface area contributed by atoms with Gasteiger partial charge in [-0.3, -0.25) is 4.79 Å². The van der Waals surface area contributed by atoms with Crippen LogP contribution in [0.4, 0.5) is 5.69 Å². The molecule has 8 heteroatoms. The number of anilines is 1. The zero-order valence-electron chi connectivity index (χ0n) is 15.3. The predicted molar refractivity (Wildman–Crippen MR) is 106 cm³/mol. The van der Waals surface area contributed by atoms with Gasteiger partial charge in [0.25, 0.3) is 5.89 Å². The molecule has 1 saturated heterocycles. The Bertz CT molecular complexity index is 983. The number of hydrogen-bond donors (Lipinski definition) is 0. The number of piperazine rings is 1. The standard InChI is InChI=1S/C20H19ClN4O3/c1-27-17-8-3-2-7-16(17)18-22-23-19(28-18)20(26)25-11-9-24(10-12-25)15-6-4-5-14(21)13-15/h2-8,13H,9-12H2,1H3. The lowest BCUT2D eigenvalue weighted by atomic mass is 10.2.